The van der Waals surface area contributed by atoms with Crippen molar-refractivity contribution in [1.29, 1.82) is 0 Å². The number of nitrogens with zero attached hydrogens (tertiary/aromatic N) is 3. The molecule has 0 saturated carbocycles. The summed E-state index contributed by atoms with van der Waals surface area (Å²) in [5.41, 5.74) is 1.41. The number of nitrogens with one attached hydrogen (secondary N) is 1. The van der Waals surface area contributed by atoms with Gasteiger partial charge in [-0.3, -0.25) is 4.90 Å². The van der Waals surface area contributed by atoms with Crippen LogP contribution in [0.2, 0.25) is 0 Å². The molecule has 1 atom stereocenters. The smallest absolute Gasteiger partial charge is 0.129 e. The molecular formula is C19H20N4. The number of hydrogen-bond donors (Lipinski definition) is 1. The molecule has 3 aromatic rings. The first-order valence-electron chi connectivity index (χ1n) is 8.10. The summed E-state index contributed by atoms with van der Waals surface area (Å²) in [6, 6.07) is 17.6. The third-order valence-corrected chi connectivity index (χ3v) is 4.48. The van der Waals surface area contributed by atoms with E-state index >= 15 is 0 Å². The van der Waals surface area contributed by atoms with Crippen molar-refractivity contribution in [2.24, 2.45) is 0 Å². The summed E-state index contributed by atoms with van der Waals surface area (Å²) in [5.74, 6) is 0.914. The van der Waals surface area contributed by atoms with Crippen LogP contribution in [-0.2, 0) is 6.54 Å². The topological polar surface area (TPSA) is 41.0 Å². The summed E-state index contributed by atoms with van der Waals surface area (Å²) >= 11 is 0. The summed E-state index contributed by atoms with van der Waals surface area (Å²) < 4.78 is 0. The Bertz CT molecular complexity index is 782. The van der Waals surface area contributed by atoms with E-state index in [1.807, 2.05) is 6.07 Å². The Hall–Kier alpha value is -2.46. The van der Waals surface area contributed by atoms with Crippen molar-refractivity contribution in [2.75, 3.05) is 18.4 Å². The molecule has 1 aromatic heterocycles. The van der Waals surface area contributed by atoms with Crippen LogP contribution in [0.1, 0.15) is 12.0 Å². The minimum atomic E-state index is 0.458. The van der Waals surface area contributed by atoms with Gasteiger partial charge in [-0.1, -0.05) is 42.5 Å². The molecule has 2 aromatic carbocycles. The van der Waals surface area contributed by atoms with Gasteiger partial charge in [0.15, 0.2) is 0 Å². The van der Waals surface area contributed by atoms with Crippen LogP contribution in [0.15, 0.2) is 61.1 Å². The molecule has 4 heteroatoms. The maximum atomic E-state index is 4.25. The largest absolute Gasteiger partial charge is 0.366 e. The fraction of sp³-hybridized carbons (Fsp3) is 0.263. The zero-order chi connectivity index (χ0) is 15.5. The molecule has 1 aliphatic rings. The van der Waals surface area contributed by atoms with Gasteiger partial charge in [-0.2, -0.15) is 0 Å². The summed E-state index contributed by atoms with van der Waals surface area (Å²) in [7, 11) is 0. The van der Waals surface area contributed by atoms with Gasteiger partial charge in [0.2, 0.25) is 0 Å². The quantitative estimate of drug-likeness (QED) is 0.803. The molecule has 0 amide bonds. The van der Waals surface area contributed by atoms with Gasteiger partial charge in [0.1, 0.15) is 12.1 Å². The Morgan fingerprint density at radius 3 is 2.91 bits per heavy atom. The Labute approximate surface area is 136 Å². The molecular weight excluding hydrogens is 284 g/mol. The van der Waals surface area contributed by atoms with Crippen LogP contribution in [-0.4, -0.2) is 34.0 Å². The number of aromatic nitrogens is 2. The second-order valence-corrected chi connectivity index (χ2v) is 6.10. The highest BCUT2D eigenvalue weighted by atomic mass is 15.2. The predicted molar refractivity (Wildman–Crippen MR) is 93.3 cm³/mol. The summed E-state index contributed by atoms with van der Waals surface area (Å²) in [6.07, 6.45) is 4.51. The van der Waals surface area contributed by atoms with Crippen molar-refractivity contribution in [3.8, 4) is 0 Å². The Morgan fingerprint density at radius 2 is 2.00 bits per heavy atom. The average Bonchev–Trinajstić information content (AvgIpc) is 3.03. The minimum absolute atomic E-state index is 0.458. The maximum absolute atomic E-state index is 4.25. The predicted octanol–water partition coefficient (Wildman–Crippen LogP) is 3.32. The lowest BCUT2D eigenvalue weighted by Crippen LogP contribution is -2.26. The highest BCUT2D eigenvalue weighted by Crippen LogP contribution is 2.22. The first kappa shape index (κ1) is 14.2. The van der Waals surface area contributed by atoms with Gasteiger partial charge in [0.25, 0.3) is 0 Å². The van der Waals surface area contributed by atoms with Gasteiger partial charge >= 0.3 is 0 Å². The van der Waals surface area contributed by atoms with Crippen LogP contribution >= 0.6 is 0 Å². The Balaban J connectivity index is 1.44. The summed E-state index contributed by atoms with van der Waals surface area (Å²) in [6.45, 7) is 3.17. The fourth-order valence-corrected chi connectivity index (χ4v) is 3.35. The second-order valence-electron chi connectivity index (χ2n) is 6.10. The average molecular weight is 304 g/mol. The molecule has 116 valence electrons. The number of hydrogen-bond acceptors (Lipinski definition) is 4. The Morgan fingerprint density at radius 1 is 1.09 bits per heavy atom. The molecule has 1 saturated heterocycles. The van der Waals surface area contributed by atoms with Crippen molar-refractivity contribution in [3.05, 3.63) is 66.6 Å². The van der Waals surface area contributed by atoms with E-state index in [0.717, 1.165) is 31.9 Å². The van der Waals surface area contributed by atoms with Crippen molar-refractivity contribution >= 4 is 16.6 Å². The Kier molecular flexibility index (Phi) is 3.90. The normalized spacial score (nSPS) is 18.3. The molecule has 2 heterocycles. The summed E-state index contributed by atoms with van der Waals surface area (Å²) in [5, 5.41) is 6.18. The van der Waals surface area contributed by atoms with Crippen LogP contribution < -0.4 is 5.32 Å². The summed E-state index contributed by atoms with van der Waals surface area (Å²) in [4.78, 5) is 10.7. The minimum Gasteiger partial charge on any atom is -0.366 e. The van der Waals surface area contributed by atoms with Gasteiger partial charge < -0.3 is 5.32 Å². The molecule has 0 bridgehead atoms. The van der Waals surface area contributed by atoms with Crippen LogP contribution in [0.25, 0.3) is 10.8 Å². The fourth-order valence-electron chi connectivity index (χ4n) is 3.35. The van der Waals surface area contributed by atoms with Crippen LogP contribution in [0, 0.1) is 0 Å². The number of rotatable bonds is 4. The molecule has 4 rings (SSSR count). The van der Waals surface area contributed by atoms with Crippen molar-refractivity contribution in [1.82, 2.24) is 14.9 Å². The molecule has 0 spiro atoms. The zero-order valence-electron chi connectivity index (χ0n) is 13.0. The van der Waals surface area contributed by atoms with Crippen molar-refractivity contribution in [3.63, 3.8) is 0 Å². The van der Waals surface area contributed by atoms with Gasteiger partial charge in [-0.15, -0.1) is 0 Å². The highest BCUT2D eigenvalue weighted by molar-refractivity contribution is 5.85. The molecule has 1 fully saturated rings. The number of benzene rings is 2. The van der Waals surface area contributed by atoms with E-state index in [1.165, 1.54) is 16.3 Å². The maximum Gasteiger partial charge on any atom is 0.129 e. The molecule has 1 aliphatic heterocycles. The number of likely N-dealkylation sites (tertiary alicyclic amines) is 1. The van der Waals surface area contributed by atoms with E-state index in [2.05, 4.69) is 62.6 Å². The van der Waals surface area contributed by atoms with Crippen LogP contribution in [0.4, 0.5) is 5.82 Å². The van der Waals surface area contributed by atoms with E-state index in [-0.39, 0.29) is 0 Å². The zero-order valence-corrected chi connectivity index (χ0v) is 13.0. The van der Waals surface area contributed by atoms with Crippen molar-refractivity contribution in [2.45, 2.75) is 19.0 Å². The van der Waals surface area contributed by atoms with Crippen molar-refractivity contribution < 1.29 is 0 Å². The molecule has 23 heavy (non-hydrogen) atoms. The van der Waals surface area contributed by atoms with E-state index in [4.69, 9.17) is 0 Å². The molecule has 1 unspecified atom stereocenters. The van der Waals surface area contributed by atoms with Gasteiger partial charge in [0, 0.05) is 31.9 Å². The van der Waals surface area contributed by atoms with Gasteiger partial charge in [0.05, 0.1) is 0 Å². The lowest BCUT2D eigenvalue weighted by atomic mass is 10.0. The highest BCUT2D eigenvalue weighted by Gasteiger charge is 2.22. The molecule has 0 aliphatic carbocycles. The monoisotopic (exact) mass is 304 g/mol. The SMILES string of the molecule is c1ccc2c(CN3CCC(Nc4ccncn4)C3)cccc2c1. The van der Waals surface area contributed by atoms with Gasteiger partial charge in [-0.25, -0.2) is 9.97 Å². The molecule has 4 nitrogen and oxygen atoms in total. The van der Waals surface area contributed by atoms with E-state index < -0.39 is 0 Å². The third kappa shape index (κ3) is 3.17. The number of fused-ring (bicyclic) bond motifs is 1. The first-order chi connectivity index (χ1) is 11.4. The standard InChI is InChI=1S/C19H20N4/c1-2-7-18-15(4-1)5-3-6-16(18)12-23-11-9-17(13-23)22-19-8-10-20-14-21-19/h1-8,10,14,17H,9,11-13H2,(H,20,21,22). The third-order valence-electron chi connectivity index (χ3n) is 4.48. The van der Waals surface area contributed by atoms with Crippen LogP contribution in [0.5, 0.6) is 0 Å². The second kappa shape index (κ2) is 6.34. The van der Waals surface area contributed by atoms with Gasteiger partial charge in [-0.05, 0) is 28.8 Å². The van der Waals surface area contributed by atoms with E-state index in [0.29, 0.717) is 6.04 Å². The lowest BCUT2D eigenvalue weighted by molar-refractivity contribution is 0.330. The van der Waals surface area contributed by atoms with Crippen LogP contribution in [0.3, 0.4) is 0 Å². The van der Waals surface area contributed by atoms with E-state index in [1.54, 1.807) is 12.5 Å². The first-order valence-corrected chi connectivity index (χ1v) is 8.10. The molecule has 1 N–H and O–H groups in total. The number of anilines is 1. The van der Waals surface area contributed by atoms with E-state index in [9.17, 15) is 0 Å². The molecule has 0 radical (unpaired) electrons. The lowest BCUT2D eigenvalue weighted by Gasteiger charge is -2.18.